The zero-order chi connectivity index (χ0) is 13.8. The molecule has 7 heteroatoms. The van der Waals surface area contributed by atoms with Crippen LogP contribution in [0.1, 0.15) is 19.3 Å². The third-order valence-electron chi connectivity index (χ3n) is 3.77. The van der Waals surface area contributed by atoms with E-state index in [2.05, 4.69) is 16.9 Å². The Morgan fingerprint density at radius 2 is 2.05 bits per heavy atom. The highest BCUT2D eigenvalue weighted by Crippen LogP contribution is 2.28. The van der Waals surface area contributed by atoms with Gasteiger partial charge in [-0.3, -0.25) is 4.79 Å². The van der Waals surface area contributed by atoms with Crippen molar-refractivity contribution in [1.29, 1.82) is 0 Å². The van der Waals surface area contributed by atoms with Gasteiger partial charge in [-0.25, -0.2) is 4.79 Å². The van der Waals surface area contributed by atoms with Crippen LogP contribution >= 0.6 is 11.8 Å². The number of carboxylic acid groups (broad SMARTS) is 1. The molecule has 0 radical (unpaired) electrons. The number of hydrogen-bond donors (Lipinski definition) is 3. The van der Waals surface area contributed by atoms with Gasteiger partial charge in [0, 0.05) is 11.3 Å². The molecule has 108 valence electrons. The molecule has 4 unspecified atom stereocenters. The van der Waals surface area contributed by atoms with Crippen molar-refractivity contribution in [3.05, 3.63) is 0 Å². The Morgan fingerprint density at radius 1 is 1.26 bits per heavy atom. The molecule has 0 aromatic carbocycles. The van der Waals surface area contributed by atoms with E-state index in [9.17, 15) is 9.59 Å². The highest BCUT2D eigenvalue weighted by atomic mass is 32.2. The molecule has 2 amide bonds. The molecule has 6 nitrogen and oxygen atoms in total. The van der Waals surface area contributed by atoms with Crippen molar-refractivity contribution in [2.45, 2.75) is 36.6 Å². The average molecular weight is 288 g/mol. The van der Waals surface area contributed by atoms with Gasteiger partial charge in [0.05, 0.1) is 19.3 Å². The first-order valence-corrected chi connectivity index (χ1v) is 7.79. The number of carboxylic acids is 1. The fraction of sp³-hybridized carbons (Fsp3) is 0.833. The van der Waals surface area contributed by atoms with Gasteiger partial charge in [-0.05, 0) is 25.5 Å². The summed E-state index contributed by atoms with van der Waals surface area (Å²) >= 11 is 1.83. The maximum atomic E-state index is 11.8. The van der Waals surface area contributed by atoms with Crippen LogP contribution in [-0.2, 0) is 9.53 Å². The number of urea groups is 1. The number of amides is 2. The minimum Gasteiger partial charge on any atom is -0.481 e. The van der Waals surface area contributed by atoms with Crippen LogP contribution < -0.4 is 10.6 Å². The molecule has 1 aliphatic carbocycles. The van der Waals surface area contributed by atoms with E-state index in [1.807, 2.05) is 11.8 Å². The Bertz CT molecular complexity index is 353. The zero-order valence-electron chi connectivity index (χ0n) is 10.9. The van der Waals surface area contributed by atoms with E-state index < -0.39 is 17.9 Å². The smallest absolute Gasteiger partial charge is 0.315 e. The van der Waals surface area contributed by atoms with Gasteiger partial charge in [0.25, 0.3) is 0 Å². The minimum atomic E-state index is -0.925. The maximum absolute atomic E-state index is 11.8. The van der Waals surface area contributed by atoms with E-state index in [0.29, 0.717) is 5.25 Å². The lowest BCUT2D eigenvalue weighted by molar-refractivity contribution is -0.142. The molecule has 1 aliphatic heterocycles. The lowest BCUT2D eigenvalue weighted by atomic mass is 10.0. The molecule has 1 heterocycles. The van der Waals surface area contributed by atoms with Crippen molar-refractivity contribution in [3.63, 3.8) is 0 Å². The normalized spacial score (nSPS) is 34.2. The number of ether oxygens (including phenoxy) is 1. The van der Waals surface area contributed by atoms with Crippen molar-refractivity contribution in [2.75, 3.05) is 19.5 Å². The molecule has 1 saturated carbocycles. The molecule has 0 aromatic heterocycles. The van der Waals surface area contributed by atoms with Crippen molar-refractivity contribution in [1.82, 2.24) is 10.6 Å². The summed E-state index contributed by atoms with van der Waals surface area (Å²) in [5.74, 6) is -1.57. The summed E-state index contributed by atoms with van der Waals surface area (Å²) < 4.78 is 5.11. The fourth-order valence-electron chi connectivity index (χ4n) is 2.62. The molecule has 2 fully saturated rings. The van der Waals surface area contributed by atoms with Crippen LogP contribution in [0.3, 0.4) is 0 Å². The number of rotatable bonds is 4. The second kappa shape index (κ2) is 6.47. The van der Waals surface area contributed by atoms with Crippen LogP contribution in [0.5, 0.6) is 0 Å². The average Bonchev–Trinajstić information content (AvgIpc) is 2.97. The summed E-state index contributed by atoms with van der Waals surface area (Å²) in [5, 5.41) is 15.2. The van der Waals surface area contributed by atoms with E-state index in [1.54, 1.807) is 0 Å². The molecule has 0 spiro atoms. The van der Waals surface area contributed by atoms with Crippen LogP contribution in [0, 0.1) is 5.92 Å². The van der Waals surface area contributed by atoms with Gasteiger partial charge in [0.15, 0.2) is 0 Å². The molecular formula is C12H20N2O4S. The van der Waals surface area contributed by atoms with Crippen molar-refractivity contribution >= 4 is 23.8 Å². The predicted octanol–water partition coefficient (Wildman–Crippen LogP) is 0.669. The summed E-state index contributed by atoms with van der Waals surface area (Å²) in [6, 6.07) is -0.521. The van der Waals surface area contributed by atoms with Crippen molar-refractivity contribution < 1.29 is 19.4 Å². The van der Waals surface area contributed by atoms with Crippen LogP contribution in [0.2, 0.25) is 0 Å². The van der Waals surface area contributed by atoms with E-state index >= 15 is 0 Å². The van der Waals surface area contributed by atoms with E-state index in [-0.39, 0.29) is 25.3 Å². The molecule has 0 bridgehead atoms. The first kappa shape index (κ1) is 14.5. The highest BCUT2D eigenvalue weighted by Gasteiger charge is 2.35. The van der Waals surface area contributed by atoms with Gasteiger partial charge in [-0.1, -0.05) is 0 Å². The van der Waals surface area contributed by atoms with Gasteiger partial charge in [-0.15, -0.1) is 0 Å². The predicted molar refractivity (Wildman–Crippen MR) is 72.3 cm³/mol. The largest absolute Gasteiger partial charge is 0.481 e. The van der Waals surface area contributed by atoms with Crippen LogP contribution in [0.4, 0.5) is 4.79 Å². The first-order valence-electron chi connectivity index (χ1n) is 6.50. The first-order chi connectivity index (χ1) is 9.10. The quantitative estimate of drug-likeness (QED) is 0.707. The second-order valence-corrected chi connectivity index (χ2v) is 6.21. The Kier molecular flexibility index (Phi) is 4.93. The van der Waals surface area contributed by atoms with Crippen LogP contribution in [-0.4, -0.2) is 53.9 Å². The third-order valence-corrected chi connectivity index (χ3v) is 4.86. The van der Waals surface area contributed by atoms with Gasteiger partial charge in [0.1, 0.15) is 5.92 Å². The second-order valence-electron chi connectivity index (χ2n) is 5.07. The van der Waals surface area contributed by atoms with E-state index in [0.717, 1.165) is 19.3 Å². The molecular weight excluding hydrogens is 268 g/mol. The Balaban J connectivity index is 1.77. The molecule has 3 N–H and O–H groups in total. The van der Waals surface area contributed by atoms with Gasteiger partial charge in [-0.2, -0.15) is 11.8 Å². The number of aliphatic carboxylic acids is 1. The van der Waals surface area contributed by atoms with Crippen molar-refractivity contribution in [3.8, 4) is 0 Å². The molecule has 2 rings (SSSR count). The molecule has 19 heavy (non-hydrogen) atoms. The lowest BCUT2D eigenvalue weighted by Gasteiger charge is -2.19. The summed E-state index contributed by atoms with van der Waals surface area (Å²) in [6.07, 6.45) is 5.18. The molecule has 2 aliphatic rings. The number of carbonyl (C=O) groups is 2. The number of nitrogens with one attached hydrogen (secondary N) is 2. The Morgan fingerprint density at radius 3 is 2.68 bits per heavy atom. The molecule has 0 aromatic rings. The monoisotopic (exact) mass is 288 g/mol. The van der Waals surface area contributed by atoms with E-state index in [1.165, 1.54) is 0 Å². The van der Waals surface area contributed by atoms with Gasteiger partial charge in [0.2, 0.25) is 0 Å². The third kappa shape index (κ3) is 3.76. The number of hydrogen-bond acceptors (Lipinski definition) is 4. The summed E-state index contributed by atoms with van der Waals surface area (Å²) in [6.45, 7) is 0.431. The van der Waals surface area contributed by atoms with Gasteiger partial charge >= 0.3 is 12.0 Å². The van der Waals surface area contributed by atoms with Crippen molar-refractivity contribution in [2.24, 2.45) is 5.92 Å². The highest BCUT2D eigenvalue weighted by molar-refractivity contribution is 7.99. The van der Waals surface area contributed by atoms with Crippen LogP contribution in [0.25, 0.3) is 0 Å². The lowest BCUT2D eigenvalue weighted by Crippen LogP contribution is -2.49. The van der Waals surface area contributed by atoms with Crippen LogP contribution in [0.15, 0.2) is 0 Å². The molecule has 1 saturated heterocycles. The van der Waals surface area contributed by atoms with Gasteiger partial charge < -0.3 is 20.5 Å². The summed E-state index contributed by atoms with van der Waals surface area (Å²) in [4.78, 5) is 22.8. The Hall–Kier alpha value is -0.950. The topological polar surface area (TPSA) is 87.7 Å². The SMILES string of the molecule is CSC1CCC(NC(=O)NC2COCC2C(=O)O)C1. The fourth-order valence-corrected chi connectivity index (χ4v) is 3.42. The summed E-state index contributed by atoms with van der Waals surface area (Å²) in [5.41, 5.74) is 0. The summed E-state index contributed by atoms with van der Waals surface area (Å²) in [7, 11) is 0. The maximum Gasteiger partial charge on any atom is 0.315 e. The number of thioether (sulfide) groups is 1. The Labute approximate surface area is 116 Å². The molecule has 4 atom stereocenters. The zero-order valence-corrected chi connectivity index (χ0v) is 11.7. The minimum absolute atomic E-state index is 0.165. The van der Waals surface area contributed by atoms with E-state index in [4.69, 9.17) is 9.84 Å². The standard InChI is InChI=1S/C12H20N2O4S/c1-19-8-3-2-7(4-8)13-12(17)14-10-6-18-5-9(10)11(15)16/h7-10H,2-6H2,1H3,(H,15,16)(H2,13,14,17). The number of carbonyl (C=O) groups excluding carboxylic acids is 1.